The number of hydrogen-bond donors (Lipinski definition) is 0. The Morgan fingerprint density at radius 2 is 1.56 bits per heavy atom. The fourth-order valence-electron chi connectivity index (χ4n) is 3.11. The van der Waals surface area contributed by atoms with Gasteiger partial charge in [0.15, 0.2) is 25.4 Å². The Balaban J connectivity index is 2.75. The molecule has 3 rings (SSSR count). The number of nitrogens with zero attached hydrogens (tertiary/aromatic N) is 1. The molecule has 0 bridgehead atoms. The first-order chi connectivity index (χ1) is 12.7. The van der Waals surface area contributed by atoms with Crippen LogP contribution in [0.1, 0.15) is 24.3 Å². The first-order valence-corrected chi connectivity index (χ1v) is 11.6. The second-order valence-electron chi connectivity index (χ2n) is 5.93. The molecule has 0 spiro atoms. The van der Waals surface area contributed by atoms with Crippen molar-refractivity contribution in [1.82, 2.24) is 4.40 Å². The van der Waals surface area contributed by atoms with Gasteiger partial charge in [-0.05, 0) is 11.5 Å². The maximum atomic E-state index is 12.9. The summed E-state index contributed by atoms with van der Waals surface area (Å²) in [7, 11) is -6.88. The number of sulfone groups is 2. The summed E-state index contributed by atoms with van der Waals surface area (Å²) < 4.78 is 57.6. The zero-order valence-corrected chi connectivity index (χ0v) is 16.7. The van der Waals surface area contributed by atoms with E-state index in [-0.39, 0.29) is 27.6 Å². The van der Waals surface area contributed by atoms with Crippen LogP contribution < -0.4 is 0 Å². The second-order valence-corrected chi connectivity index (χ2v) is 10.4. The van der Waals surface area contributed by atoms with E-state index < -0.39 is 30.5 Å². The van der Waals surface area contributed by atoms with E-state index in [2.05, 4.69) is 0 Å². The molecule has 0 saturated carbocycles. The molecule has 144 valence electrons. The van der Waals surface area contributed by atoms with Crippen molar-refractivity contribution in [3.63, 3.8) is 0 Å². The van der Waals surface area contributed by atoms with Crippen LogP contribution in [0.2, 0.25) is 0 Å². The third-order valence-corrected chi connectivity index (χ3v) is 8.19. The number of carbonyl (C=O) groups is 1. The number of pyridine rings is 1. The summed E-state index contributed by atoms with van der Waals surface area (Å²) in [4.78, 5) is 11.6. The van der Waals surface area contributed by atoms with Gasteiger partial charge in [-0.1, -0.05) is 38.1 Å². The summed E-state index contributed by atoms with van der Waals surface area (Å²) in [5.74, 6) is -1.56. The Labute approximate surface area is 157 Å². The molecule has 1 aromatic carbocycles. The lowest BCUT2D eigenvalue weighted by Gasteiger charge is -2.07. The van der Waals surface area contributed by atoms with Gasteiger partial charge in [0.1, 0.15) is 9.79 Å². The Hall–Kier alpha value is -2.39. The molecule has 0 amide bonds. The second kappa shape index (κ2) is 6.65. The first kappa shape index (κ1) is 19.4. The Kier molecular flexibility index (Phi) is 4.77. The van der Waals surface area contributed by atoms with Crippen LogP contribution in [0.15, 0.2) is 46.3 Å². The van der Waals surface area contributed by atoms with Gasteiger partial charge < -0.3 is 9.14 Å². The SMILES string of the molecule is CCS(=O)(=O)c1c(S(=O)(=O)CC)c2c3ccccc3ccn2c1C(=O)OC. The van der Waals surface area contributed by atoms with Gasteiger partial charge in [0.25, 0.3) is 0 Å². The van der Waals surface area contributed by atoms with Crippen LogP contribution in [0.3, 0.4) is 0 Å². The van der Waals surface area contributed by atoms with Crippen LogP contribution >= 0.6 is 0 Å². The van der Waals surface area contributed by atoms with E-state index in [1.54, 1.807) is 30.3 Å². The largest absolute Gasteiger partial charge is 0.464 e. The molecule has 2 aromatic heterocycles. The van der Waals surface area contributed by atoms with Gasteiger partial charge in [-0.25, -0.2) is 21.6 Å². The summed E-state index contributed by atoms with van der Waals surface area (Å²) in [5.41, 5.74) is -0.130. The molecular formula is C18H19NO6S2. The van der Waals surface area contributed by atoms with Crippen LogP contribution in [0.4, 0.5) is 0 Å². The normalized spacial score (nSPS) is 12.6. The lowest BCUT2D eigenvalue weighted by atomic mass is 10.1. The number of rotatable bonds is 5. The highest BCUT2D eigenvalue weighted by molar-refractivity contribution is 7.94. The zero-order valence-electron chi connectivity index (χ0n) is 15.1. The molecule has 2 heterocycles. The van der Waals surface area contributed by atoms with Gasteiger partial charge >= 0.3 is 5.97 Å². The third kappa shape index (κ3) is 2.90. The van der Waals surface area contributed by atoms with Crippen molar-refractivity contribution in [1.29, 1.82) is 0 Å². The van der Waals surface area contributed by atoms with Crippen molar-refractivity contribution in [2.45, 2.75) is 23.6 Å². The highest BCUT2D eigenvalue weighted by Crippen LogP contribution is 2.37. The molecule has 27 heavy (non-hydrogen) atoms. The summed E-state index contributed by atoms with van der Waals surface area (Å²) in [6, 6.07) is 8.70. The first-order valence-electron chi connectivity index (χ1n) is 8.29. The number of esters is 1. The quantitative estimate of drug-likeness (QED) is 0.600. The van der Waals surface area contributed by atoms with Gasteiger partial charge in [0, 0.05) is 11.6 Å². The smallest absolute Gasteiger partial charge is 0.356 e. The number of aromatic nitrogens is 1. The predicted octanol–water partition coefficient (Wildman–Crippen LogP) is 2.47. The average molecular weight is 409 g/mol. The number of carbonyl (C=O) groups excluding carboxylic acids is 1. The lowest BCUT2D eigenvalue weighted by Crippen LogP contribution is -2.16. The summed E-state index contributed by atoms with van der Waals surface area (Å²) in [6.07, 6.45) is 1.49. The molecule has 0 aliphatic heterocycles. The molecule has 0 N–H and O–H groups in total. The fourth-order valence-corrected chi connectivity index (χ4v) is 6.19. The van der Waals surface area contributed by atoms with Crippen molar-refractivity contribution in [2.24, 2.45) is 0 Å². The van der Waals surface area contributed by atoms with Gasteiger partial charge in [-0.3, -0.25) is 0 Å². The fraction of sp³-hybridized carbons (Fsp3) is 0.278. The van der Waals surface area contributed by atoms with E-state index in [4.69, 9.17) is 4.74 Å². The van der Waals surface area contributed by atoms with Crippen LogP contribution in [-0.4, -0.2) is 45.8 Å². The minimum Gasteiger partial charge on any atom is -0.464 e. The molecule has 0 unspecified atom stereocenters. The summed E-state index contributed by atoms with van der Waals surface area (Å²) in [5, 5.41) is 1.27. The van der Waals surface area contributed by atoms with Gasteiger partial charge in [0.05, 0.1) is 24.1 Å². The number of benzene rings is 1. The summed E-state index contributed by atoms with van der Waals surface area (Å²) in [6.45, 7) is 2.84. The summed E-state index contributed by atoms with van der Waals surface area (Å²) >= 11 is 0. The van der Waals surface area contributed by atoms with Crippen molar-refractivity contribution in [3.8, 4) is 0 Å². The molecule has 0 radical (unpaired) electrons. The molecule has 3 aromatic rings. The van der Waals surface area contributed by atoms with E-state index in [0.29, 0.717) is 5.39 Å². The molecular weight excluding hydrogens is 390 g/mol. The minimum atomic E-state index is -4.04. The van der Waals surface area contributed by atoms with E-state index in [9.17, 15) is 21.6 Å². The van der Waals surface area contributed by atoms with Crippen molar-refractivity contribution < 1.29 is 26.4 Å². The van der Waals surface area contributed by atoms with Gasteiger partial charge in [-0.2, -0.15) is 0 Å². The molecule has 0 aliphatic carbocycles. The topological polar surface area (TPSA) is 99.0 Å². The predicted molar refractivity (Wildman–Crippen MR) is 102 cm³/mol. The van der Waals surface area contributed by atoms with Crippen LogP contribution in [0.5, 0.6) is 0 Å². The van der Waals surface area contributed by atoms with Crippen LogP contribution in [-0.2, 0) is 24.4 Å². The third-order valence-electron chi connectivity index (χ3n) is 4.50. The molecule has 0 fully saturated rings. The van der Waals surface area contributed by atoms with Gasteiger partial charge in [0.2, 0.25) is 0 Å². The van der Waals surface area contributed by atoms with Crippen molar-refractivity contribution in [3.05, 3.63) is 42.2 Å². The van der Waals surface area contributed by atoms with Crippen LogP contribution in [0, 0.1) is 0 Å². The Morgan fingerprint density at radius 1 is 0.963 bits per heavy atom. The average Bonchev–Trinajstić information content (AvgIpc) is 3.04. The van der Waals surface area contributed by atoms with Gasteiger partial charge in [-0.15, -0.1) is 0 Å². The number of methoxy groups -OCH3 is 1. The maximum absolute atomic E-state index is 12.9. The highest BCUT2D eigenvalue weighted by Gasteiger charge is 2.37. The molecule has 0 atom stereocenters. The Bertz CT molecular complexity index is 1270. The number of fused-ring (bicyclic) bond motifs is 3. The van der Waals surface area contributed by atoms with E-state index in [1.807, 2.05) is 0 Å². The standard InChI is InChI=1S/C18H19NO6S2/c1-4-26(21,22)16-14-13-9-7-6-8-12(13)10-11-19(14)15(18(20)25-3)17(16)27(23,24)5-2/h6-11H,4-5H2,1-3H3. The maximum Gasteiger partial charge on any atom is 0.356 e. The molecule has 9 heteroatoms. The van der Waals surface area contributed by atoms with Crippen molar-refractivity contribution >= 4 is 41.9 Å². The van der Waals surface area contributed by atoms with E-state index >= 15 is 0 Å². The van der Waals surface area contributed by atoms with Crippen LogP contribution in [0.25, 0.3) is 16.3 Å². The molecule has 0 saturated heterocycles. The van der Waals surface area contributed by atoms with Crippen molar-refractivity contribution in [2.75, 3.05) is 18.6 Å². The number of ether oxygens (including phenoxy) is 1. The monoisotopic (exact) mass is 409 g/mol. The number of hydrogen-bond acceptors (Lipinski definition) is 6. The minimum absolute atomic E-state index is 0.169. The van der Waals surface area contributed by atoms with E-state index in [0.717, 1.165) is 12.5 Å². The van der Waals surface area contributed by atoms with E-state index in [1.165, 1.54) is 24.4 Å². The Morgan fingerprint density at radius 3 is 2.15 bits per heavy atom. The highest BCUT2D eigenvalue weighted by atomic mass is 32.2. The molecule has 0 aliphatic rings. The zero-order chi connectivity index (χ0) is 20.0. The lowest BCUT2D eigenvalue weighted by molar-refractivity contribution is 0.0588. The molecule has 7 nitrogen and oxygen atoms in total.